The van der Waals surface area contributed by atoms with E-state index in [1.54, 1.807) is 4.90 Å². The van der Waals surface area contributed by atoms with E-state index in [1.165, 1.54) is 0 Å². The van der Waals surface area contributed by atoms with Gasteiger partial charge in [-0.05, 0) is 24.5 Å². The third-order valence-corrected chi connectivity index (χ3v) is 3.65. The third-order valence-electron chi connectivity index (χ3n) is 3.31. The van der Waals surface area contributed by atoms with Gasteiger partial charge in [-0.15, -0.1) is 0 Å². The van der Waals surface area contributed by atoms with Crippen molar-refractivity contribution in [3.05, 3.63) is 34.9 Å². The summed E-state index contributed by atoms with van der Waals surface area (Å²) in [5.74, 6) is 0.373. The van der Waals surface area contributed by atoms with Gasteiger partial charge in [-0.3, -0.25) is 0 Å². The minimum atomic E-state index is 0.0106. The minimum absolute atomic E-state index is 0.0106. The highest BCUT2D eigenvalue weighted by atomic mass is 35.5. The molecule has 4 heteroatoms. The Balaban J connectivity index is 1.89. The number of hydrogen-bond donors (Lipinski definition) is 1. The zero-order valence-electron chi connectivity index (χ0n) is 10.8. The van der Waals surface area contributed by atoms with E-state index >= 15 is 0 Å². The largest absolute Gasteiger partial charge is 0.335 e. The maximum absolute atomic E-state index is 11.8. The third kappa shape index (κ3) is 2.96. The molecule has 0 saturated heterocycles. The molecule has 1 aromatic carbocycles. The van der Waals surface area contributed by atoms with Crippen LogP contribution in [0.15, 0.2) is 24.3 Å². The molecule has 0 bridgehead atoms. The first kappa shape index (κ1) is 13.2. The molecule has 2 rings (SSSR count). The van der Waals surface area contributed by atoms with Crippen molar-refractivity contribution in [2.24, 2.45) is 0 Å². The topological polar surface area (TPSA) is 32.3 Å². The molecule has 0 heterocycles. The summed E-state index contributed by atoms with van der Waals surface area (Å²) in [5.41, 5.74) is 1.14. The van der Waals surface area contributed by atoms with Crippen molar-refractivity contribution in [2.75, 3.05) is 13.6 Å². The van der Waals surface area contributed by atoms with Crippen LogP contribution in [0, 0.1) is 0 Å². The smallest absolute Gasteiger partial charge is 0.317 e. The van der Waals surface area contributed by atoms with Crippen LogP contribution in [0.4, 0.5) is 4.79 Å². The first-order valence-electron chi connectivity index (χ1n) is 6.39. The van der Waals surface area contributed by atoms with Crippen LogP contribution in [0.2, 0.25) is 5.02 Å². The molecular formula is C14H19ClN2O. The second-order valence-electron chi connectivity index (χ2n) is 4.84. The Kier molecular flexibility index (Phi) is 4.12. The van der Waals surface area contributed by atoms with Crippen molar-refractivity contribution in [2.45, 2.75) is 31.7 Å². The highest BCUT2D eigenvalue weighted by Crippen LogP contribution is 2.43. The average Bonchev–Trinajstić information content (AvgIpc) is 3.09. The van der Waals surface area contributed by atoms with Crippen LogP contribution in [-0.4, -0.2) is 30.6 Å². The first-order valence-corrected chi connectivity index (χ1v) is 6.77. The van der Waals surface area contributed by atoms with Gasteiger partial charge in [-0.1, -0.05) is 36.7 Å². The standard InChI is InChI=1S/C14H19ClN2O/c1-3-8-17(2)14(18)16-13-9-11(13)10-6-4-5-7-12(10)15/h4-7,11,13H,3,8-9H2,1-2H3,(H,16,18). The summed E-state index contributed by atoms with van der Waals surface area (Å²) in [6.07, 6.45) is 1.96. The summed E-state index contributed by atoms with van der Waals surface area (Å²) in [5, 5.41) is 3.84. The maximum atomic E-state index is 11.8. The molecule has 2 amide bonds. The summed E-state index contributed by atoms with van der Waals surface area (Å²) in [6.45, 7) is 2.85. The lowest BCUT2D eigenvalue weighted by Crippen LogP contribution is -2.39. The molecule has 1 saturated carbocycles. The number of nitrogens with zero attached hydrogens (tertiary/aromatic N) is 1. The van der Waals surface area contributed by atoms with E-state index in [2.05, 4.69) is 12.2 Å². The molecule has 1 aliphatic carbocycles. The van der Waals surface area contributed by atoms with E-state index in [0.29, 0.717) is 5.92 Å². The zero-order valence-corrected chi connectivity index (χ0v) is 11.6. The van der Waals surface area contributed by atoms with Gasteiger partial charge in [0.1, 0.15) is 0 Å². The molecule has 18 heavy (non-hydrogen) atoms. The average molecular weight is 267 g/mol. The molecule has 3 nitrogen and oxygen atoms in total. The van der Waals surface area contributed by atoms with Gasteiger partial charge >= 0.3 is 6.03 Å². The molecule has 0 spiro atoms. The number of urea groups is 1. The Morgan fingerprint density at radius 3 is 2.89 bits per heavy atom. The molecular weight excluding hydrogens is 248 g/mol. The minimum Gasteiger partial charge on any atom is -0.335 e. The number of halogens is 1. The number of carbonyl (C=O) groups is 1. The second-order valence-corrected chi connectivity index (χ2v) is 5.25. The molecule has 1 fully saturated rings. The normalized spacial score (nSPS) is 21.5. The van der Waals surface area contributed by atoms with Gasteiger partial charge in [-0.2, -0.15) is 0 Å². The highest BCUT2D eigenvalue weighted by molar-refractivity contribution is 6.31. The van der Waals surface area contributed by atoms with Crippen molar-refractivity contribution in [1.82, 2.24) is 10.2 Å². The fourth-order valence-electron chi connectivity index (χ4n) is 2.18. The number of benzene rings is 1. The second kappa shape index (κ2) is 5.61. The van der Waals surface area contributed by atoms with Crippen molar-refractivity contribution in [1.29, 1.82) is 0 Å². The lowest BCUT2D eigenvalue weighted by Gasteiger charge is -2.17. The number of carbonyl (C=O) groups excluding carboxylic acids is 1. The van der Waals surface area contributed by atoms with Crippen LogP contribution < -0.4 is 5.32 Å². The number of rotatable bonds is 4. The molecule has 1 N–H and O–H groups in total. The Morgan fingerprint density at radius 2 is 2.22 bits per heavy atom. The van der Waals surface area contributed by atoms with Crippen LogP contribution in [0.25, 0.3) is 0 Å². The quantitative estimate of drug-likeness (QED) is 0.891. The predicted molar refractivity (Wildman–Crippen MR) is 74.1 cm³/mol. The van der Waals surface area contributed by atoms with E-state index in [4.69, 9.17) is 11.6 Å². The summed E-state index contributed by atoms with van der Waals surface area (Å²) < 4.78 is 0. The van der Waals surface area contributed by atoms with Crippen LogP contribution in [-0.2, 0) is 0 Å². The molecule has 2 unspecified atom stereocenters. The Labute approximate surface area is 113 Å². The fraction of sp³-hybridized carbons (Fsp3) is 0.500. The van der Waals surface area contributed by atoms with Gasteiger partial charge in [0, 0.05) is 30.6 Å². The molecule has 0 aliphatic heterocycles. The lowest BCUT2D eigenvalue weighted by atomic mass is 10.1. The van der Waals surface area contributed by atoms with E-state index < -0.39 is 0 Å². The van der Waals surface area contributed by atoms with Gasteiger partial charge in [0.15, 0.2) is 0 Å². The summed E-state index contributed by atoms with van der Waals surface area (Å²) >= 11 is 6.15. The van der Waals surface area contributed by atoms with Crippen molar-refractivity contribution in [3.8, 4) is 0 Å². The SMILES string of the molecule is CCCN(C)C(=O)NC1CC1c1ccccc1Cl. The molecule has 98 valence electrons. The molecule has 0 radical (unpaired) electrons. The Morgan fingerprint density at radius 1 is 1.50 bits per heavy atom. The Hall–Kier alpha value is -1.22. The van der Waals surface area contributed by atoms with Gasteiger partial charge in [0.2, 0.25) is 0 Å². The predicted octanol–water partition coefficient (Wildman–Crippen LogP) is 3.25. The number of nitrogens with one attached hydrogen (secondary N) is 1. The maximum Gasteiger partial charge on any atom is 0.317 e. The van der Waals surface area contributed by atoms with Crippen LogP contribution in [0.3, 0.4) is 0 Å². The number of amides is 2. The van der Waals surface area contributed by atoms with Crippen LogP contribution in [0.1, 0.15) is 31.2 Å². The summed E-state index contributed by atoms with van der Waals surface area (Å²) in [6, 6.07) is 8.10. The van der Waals surface area contributed by atoms with Crippen molar-refractivity contribution < 1.29 is 4.79 Å². The van der Waals surface area contributed by atoms with Crippen molar-refractivity contribution >= 4 is 17.6 Å². The van der Waals surface area contributed by atoms with Gasteiger partial charge in [0.05, 0.1) is 0 Å². The molecule has 2 atom stereocenters. The van der Waals surface area contributed by atoms with Crippen LogP contribution >= 0.6 is 11.6 Å². The first-order chi connectivity index (χ1) is 8.63. The zero-order chi connectivity index (χ0) is 13.1. The summed E-state index contributed by atoms with van der Waals surface area (Å²) in [4.78, 5) is 13.6. The van der Waals surface area contributed by atoms with Gasteiger partial charge < -0.3 is 10.2 Å². The molecule has 1 aromatic rings. The van der Waals surface area contributed by atoms with Gasteiger partial charge in [-0.25, -0.2) is 4.79 Å². The Bertz CT molecular complexity index is 436. The van der Waals surface area contributed by atoms with Crippen molar-refractivity contribution in [3.63, 3.8) is 0 Å². The monoisotopic (exact) mass is 266 g/mol. The van der Waals surface area contributed by atoms with E-state index in [9.17, 15) is 4.79 Å². The number of hydrogen-bond acceptors (Lipinski definition) is 1. The van der Waals surface area contributed by atoms with E-state index in [0.717, 1.165) is 30.0 Å². The molecule has 0 aromatic heterocycles. The van der Waals surface area contributed by atoms with E-state index in [-0.39, 0.29) is 12.1 Å². The summed E-state index contributed by atoms with van der Waals surface area (Å²) in [7, 11) is 1.83. The molecule has 1 aliphatic rings. The van der Waals surface area contributed by atoms with Gasteiger partial charge in [0.25, 0.3) is 0 Å². The fourth-order valence-corrected chi connectivity index (χ4v) is 2.46. The lowest BCUT2D eigenvalue weighted by molar-refractivity contribution is 0.208. The van der Waals surface area contributed by atoms with Crippen LogP contribution in [0.5, 0.6) is 0 Å². The van der Waals surface area contributed by atoms with E-state index in [1.807, 2.05) is 31.3 Å². The highest BCUT2D eigenvalue weighted by Gasteiger charge is 2.40.